The van der Waals surface area contributed by atoms with E-state index in [0.717, 1.165) is 0 Å². The lowest BCUT2D eigenvalue weighted by molar-refractivity contribution is -0.136. The summed E-state index contributed by atoms with van der Waals surface area (Å²) in [4.78, 5) is 36.3. The molecule has 0 aliphatic heterocycles. The molecule has 180 valence electrons. The molecule has 0 aromatic heterocycles. The number of hydrazone groups is 1. The summed E-state index contributed by atoms with van der Waals surface area (Å²) >= 11 is 11.8. The highest BCUT2D eigenvalue weighted by molar-refractivity contribution is 6.42. The molecule has 11 heteroatoms. The van der Waals surface area contributed by atoms with Crippen LogP contribution in [0.15, 0.2) is 65.8 Å². The number of hydrogen-bond acceptors (Lipinski definition) is 7. The first kappa shape index (κ1) is 25.5. The van der Waals surface area contributed by atoms with Crippen LogP contribution in [0.25, 0.3) is 0 Å². The predicted octanol–water partition coefficient (Wildman–Crippen LogP) is 4.32. The number of carbonyl (C=O) groups excluding carboxylic acids is 3. The molecule has 0 aliphatic carbocycles. The summed E-state index contributed by atoms with van der Waals surface area (Å²) in [6.07, 6.45) is 1.32. The number of anilines is 1. The van der Waals surface area contributed by atoms with E-state index in [1.165, 1.54) is 38.6 Å². The average Bonchev–Trinajstić information content (AvgIpc) is 2.86. The molecule has 9 nitrogen and oxygen atoms in total. The number of rotatable bonds is 7. The molecule has 2 N–H and O–H groups in total. The van der Waals surface area contributed by atoms with Gasteiger partial charge in [-0.1, -0.05) is 23.2 Å². The Labute approximate surface area is 210 Å². The normalized spacial score (nSPS) is 10.5. The average molecular weight is 516 g/mol. The lowest BCUT2D eigenvalue weighted by Gasteiger charge is -2.09. The van der Waals surface area contributed by atoms with E-state index in [1.807, 2.05) is 0 Å². The number of ether oxygens (including phenoxy) is 3. The van der Waals surface area contributed by atoms with Crippen molar-refractivity contribution in [3.8, 4) is 17.2 Å². The highest BCUT2D eigenvalue weighted by atomic mass is 35.5. The van der Waals surface area contributed by atoms with E-state index in [-0.39, 0.29) is 16.3 Å². The maximum absolute atomic E-state index is 12.4. The summed E-state index contributed by atoms with van der Waals surface area (Å²) in [5, 5.41) is 6.66. The summed E-state index contributed by atoms with van der Waals surface area (Å²) in [6.45, 7) is 0. The second-order valence-corrected chi connectivity index (χ2v) is 7.65. The highest BCUT2D eigenvalue weighted by Gasteiger charge is 2.15. The third-order valence-corrected chi connectivity index (χ3v) is 5.04. The molecule has 3 aromatic carbocycles. The second-order valence-electron chi connectivity index (χ2n) is 6.81. The lowest BCUT2D eigenvalue weighted by atomic mass is 10.2. The fraction of sp³-hybridized carbons (Fsp3) is 0.0833. The molecule has 0 unspecified atom stereocenters. The maximum Gasteiger partial charge on any atom is 0.343 e. The van der Waals surface area contributed by atoms with Gasteiger partial charge in [0.2, 0.25) is 0 Å². The molecule has 0 saturated carbocycles. The smallest absolute Gasteiger partial charge is 0.343 e. The molecule has 2 amide bonds. The van der Waals surface area contributed by atoms with E-state index in [0.29, 0.717) is 27.8 Å². The SMILES string of the molecule is COc1ccc(C(=O)Oc2ccc(C=NNC(=O)C(=O)Nc3cc(Cl)ccc3Cl)cc2)cc1OC. The van der Waals surface area contributed by atoms with Gasteiger partial charge in [-0.25, -0.2) is 10.2 Å². The molecular weight excluding hydrogens is 497 g/mol. The van der Waals surface area contributed by atoms with Crippen LogP contribution < -0.4 is 25.0 Å². The zero-order chi connectivity index (χ0) is 25.4. The summed E-state index contributed by atoms with van der Waals surface area (Å²) in [6, 6.07) is 15.5. The quantitative estimate of drug-likeness (QED) is 0.159. The van der Waals surface area contributed by atoms with Crippen LogP contribution in [0.2, 0.25) is 10.0 Å². The van der Waals surface area contributed by atoms with Crippen molar-refractivity contribution < 1.29 is 28.6 Å². The van der Waals surface area contributed by atoms with Crippen molar-refractivity contribution in [2.75, 3.05) is 19.5 Å². The number of methoxy groups -OCH3 is 2. The van der Waals surface area contributed by atoms with E-state index >= 15 is 0 Å². The number of halogens is 2. The van der Waals surface area contributed by atoms with Gasteiger partial charge in [-0.15, -0.1) is 0 Å². The molecule has 0 saturated heterocycles. The van der Waals surface area contributed by atoms with Gasteiger partial charge < -0.3 is 19.5 Å². The van der Waals surface area contributed by atoms with E-state index in [1.54, 1.807) is 42.5 Å². The number of nitrogens with one attached hydrogen (secondary N) is 2. The fourth-order valence-electron chi connectivity index (χ4n) is 2.74. The summed E-state index contributed by atoms with van der Waals surface area (Å²) in [5.74, 6) is -1.36. The van der Waals surface area contributed by atoms with Crippen molar-refractivity contribution in [3.05, 3.63) is 81.8 Å². The fourth-order valence-corrected chi connectivity index (χ4v) is 3.08. The Balaban J connectivity index is 1.54. The van der Waals surface area contributed by atoms with Crippen LogP contribution in [0, 0.1) is 0 Å². The van der Waals surface area contributed by atoms with Gasteiger partial charge in [-0.2, -0.15) is 5.10 Å². The summed E-state index contributed by atoms with van der Waals surface area (Å²) < 4.78 is 15.7. The van der Waals surface area contributed by atoms with E-state index < -0.39 is 17.8 Å². The minimum absolute atomic E-state index is 0.196. The van der Waals surface area contributed by atoms with Crippen molar-refractivity contribution in [1.29, 1.82) is 0 Å². The minimum atomic E-state index is -1.00. The Kier molecular flexibility index (Phi) is 8.66. The molecule has 0 fully saturated rings. The monoisotopic (exact) mass is 515 g/mol. The number of esters is 1. The minimum Gasteiger partial charge on any atom is -0.493 e. The van der Waals surface area contributed by atoms with Crippen molar-refractivity contribution in [2.24, 2.45) is 5.10 Å². The number of carbonyl (C=O) groups is 3. The molecule has 0 spiro atoms. The van der Waals surface area contributed by atoms with Crippen molar-refractivity contribution in [1.82, 2.24) is 5.43 Å². The van der Waals surface area contributed by atoms with Crippen molar-refractivity contribution in [3.63, 3.8) is 0 Å². The van der Waals surface area contributed by atoms with Gasteiger partial charge in [0.15, 0.2) is 11.5 Å². The number of hydrogen-bond donors (Lipinski definition) is 2. The molecule has 0 heterocycles. The Morgan fingerprint density at radius 3 is 2.26 bits per heavy atom. The first-order chi connectivity index (χ1) is 16.8. The standard InChI is InChI=1S/C24H19Cl2N3O6/c1-33-20-10-5-15(11-21(20)34-2)24(32)35-17-7-3-14(4-8-17)13-27-29-23(31)22(30)28-19-12-16(25)6-9-18(19)26/h3-13H,1-2H3,(H,28,30)(H,29,31). The van der Waals surface area contributed by atoms with Crippen LogP contribution in [0.4, 0.5) is 5.69 Å². The molecule has 0 bridgehead atoms. The van der Waals surface area contributed by atoms with Gasteiger partial charge in [-0.05, 0) is 66.2 Å². The van der Waals surface area contributed by atoms with Crippen LogP contribution >= 0.6 is 23.2 Å². The van der Waals surface area contributed by atoms with Gasteiger partial charge in [-0.3, -0.25) is 9.59 Å². The Hall–Kier alpha value is -4.08. The van der Waals surface area contributed by atoms with E-state index in [4.69, 9.17) is 37.4 Å². The zero-order valence-corrected chi connectivity index (χ0v) is 20.0. The molecule has 3 rings (SSSR count). The van der Waals surface area contributed by atoms with Crippen LogP contribution in [-0.2, 0) is 9.59 Å². The van der Waals surface area contributed by atoms with Gasteiger partial charge in [0.25, 0.3) is 0 Å². The van der Waals surface area contributed by atoms with Crippen LogP contribution in [0.3, 0.4) is 0 Å². The van der Waals surface area contributed by atoms with Crippen LogP contribution in [0.1, 0.15) is 15.9 Å². The van der Waals surface area contributed by atoms with E-state index in [9.17, 15) is 14.4 Å². The summed E-state index contributed by atoms with van der Waals surface area (Å²) in [7, 11) is 2.97. The Bertz CT molecular complexity index is 1280. The van der Waals surface area contributed by atoms with Gasteiger partial charge in [0.05, 0.1) is 36.7 Å². The Morgan fingerprint density at radius 1 is 0.857 bits per heavy atom. The maximum atomic E-state index is 12.4. The molecule has 0 radical (unpaired) electrons. The first-order valence-electron chi connectivity index (χ1n) is 9.94. The molecular formula is C24H19Cl2N3O6. The Morgan fingerprint density at radius 2 is 1.57 bits per heavy atom. The van der Waals surface area contributed by atoms with Gasteiger partial charge >= 0.3 is 17.8 Å². The second kappa shape index (κ2) is 11.9. The predicted molar refractivity (Wildman–Crippen MR) is 132 cm³/mol. The van der Waals surface area contributed by atoms with Crippen molar-refractivity contribution >= 4 is 52.9 Å². The topological polar surface area (TPSA) is 115 Å². The molecule has 3 aromatic rings. The number of benzene rings is 3. The molecule has 0 atom stereocenters. The van der Waals surface area contributed by atoms with Crippen LogP contribution in [0.5, 0.6) is 17.2 Å². The van der Waals surface area contributed by atoms with Crippen LogP contribution in [-0.4, -0.2) is 38.2 Å². The third-order valence-electron chi connectivity index (χ3n) is 4.47. The number of amides is 2. The largest absolute Gasteiger partial charge is 0.493 e. The third kappa shape index (κ3) is 6.95. The van der Waals surface area contributed by atoms with Crippen molar-refractivity contribution in [2.45, 2.75) is 0 Å². The van der Waals surface area contributed by atoms with Gasteiger partial charge in [0, 0.05) is 5.02 Å². The molecule has 0 aliphatic rings. The first-order valence-corrected chi connectivity index (χ1v) is 10.7. The lowest BCUT2D eigenvalue weighted by Crippen LogP contribution is -2.32. The van der Waals surface area contributed by atoms with Gasteiger partial charge in [0.1, 0.15) is 5.75 Å². The summed E-state index contributed by atoms with van der Waals surface area (Å²) in [5.41, 5.74) is 3.17. The highest BCUT2D eigenvalue weighted by Crippen LogP contribution is 2.28. The number of nitrogens with zero attached hydrogens (tertiary/aromatic N) is 1. The molecule has 35 heavy (non-hydrogen) atoms. The zero-order valence-electron chi connectivity index (χ0n) is 18.5. The van der Waals surface area contributed by atoms with E-state index in [2.05, 4.69) is 15.8 Å².